The van der Waals surface area contributed by atoms with Crippen LogP contribution in [0.3, 0.4) is 0 Å². The first-order valence-electron chi connectivity index (χ1n) is 10.7. The topological polar surface area (TPSA) is 80.4 Å². The Labute approximate surface area is 186 Å². The third-order valence-corrected chi connectivity index (χ3v) is 5.84. The number of morpholine rings is 1. The molecule has 0 N–H and O–H groups in total. The van der Waals surface area contributed by atoms with Crippen LogP contribution in [-0.2, 0) is 11.3 Å². The van der Waals surface area contributed by atoms with E-state index in [-0.39, 0.29) is 6.10 Å². The van der Waals surface area contributed by atoms with Gasteiger partial charge in [0.1, 0.15) is 23.8 Å². The first-order valence-corrected chi connectivity index (χ1v) is 10.7. The average molecular weight is 431 g/mol. The summed E-state index contributed by atoms with van der Waals surface area (Å²) >= 11 is 0. The lowest BCUT2D eigenvalue weighted by Crippen LogP contribution is -2.38. The molecule has 1 fully saturated rings. The second kappa shape index (κ2) is 8.64. The summed E-state index contributed by atoms with van der Waals surface area (Å²) in [6.45, 7) is 5.02. The van der Waals surface area contributed by atoms with Crippen LogP contribution in [-0.4, -0.2) is 58.6 Å². The van der Waals surface area contributed by atoms with Gasteiger partial charge in [0.05, 0.1) is 18.8 Å². The molecule has 5 rings (SSSR count). The van der Waals surface area contributed by atoms with Crippen molar-refractivity contribution in [3.63, 3.8) is 0 Å². The molecule has 1 aromatic carbocycles. The fraction of sp³-hybridized carbons (Fsp3) is 0.333. The number of nitrogens with zero attached hydrogens (tertiary/aromatic N) is 6. The molecule has 8 heteroatoms. The standard InChI is InChI=1S/C24H26N6O2/c1-16-18-6-4-5-7-20(18)32-21(16)13-30-8-9-31-22(14-30)23-19(17-10-25-15-26-11-17)12-27-24(28-23)29(2)3/h4-7,10-12,15,22H,8-9,13-14H2,1-3H3. The van der Waals surface area contributed by atoms with Crippen LogP contribution in [0.25, 0.3) is 22.1 Å². The molecule has 0 amide bonds. The van der Waals surface area contributed by atoms with E-state index in [1.165, 1.54) is 17.3 Å². The van der Waals surface area contributed by atoms with E-state index in [1.54, 1.807) is 12.4 Å². The maximum atomic E-state index is 6.20. The van der Waals surface area contributed by atoms with Gasteiger partial charge in [-0.05, 0) is 18.6 Å². The number of hydrogen-bond donors (Lipinski definition) is 0. The minimum Gasteiger partial charge on any atom is -0.459 e. The van der Waals surface area contributed by atoms with Gasteiger partial charge in [-0.2, -0.15) is 0 Å². The van der Waals surface area contributed by atoms with E-state index in [0.29, 0.717) is 19.1 Å². The van der Waals surface area contributed by atoms with Crippen molar-refractivity contribution in [2.24, 2.45) is 0 Å². The molecule has 3 aromatic heterocycles. The van der Waals surface area contributed by atoms with E-state index in [9.17, 15) is 0 Å². The zero-order valence-electron chi connectivity index (χ0n) is 18.5. The fourth-order valence-electron chi connectivity index (χ4n) is 4.10. The molecule has 4 aromatic rings. The summed E-state index contributed by atoms with van der Waals surface area (Å²) in [6.07, 6.45) is 6.73. The van der Waals surface area contributed by atoms with Crippen LogP contribution in [0.2, 0.25) is 0 Å². The van der Waals surface area contributed by atoms with Crippen molar-refractivity contribution >= 4 is 16.9 Å². The van der Waals surface area contributed by atoms with Crippen molar-refractivity contribution in [1.29, 1.82) is 0 Å². The Bertz CT molecular complexity index is 1220. The molecule has 1 saturated heterocycles. The number of ether oxygens (including phenoxy) is 1. The molecule has 0 bridgehead atoms. The summed E-state index contributed by atoms with van der Waals surface area (Å²) in [7, 11) is 3.87. The van der Waals surface area contributed by atoms with Gasteiger partial charge < -0.3 is 14.1 Å². The van der Waals surface area contributed by atoms with Gasteiger partial charge in [0.25, 0.3) is 0 Å². The molecule has 1 unspecified atom stereocenters. The Morgan fingerprint density at radius 3 is 2.72 bits per heavy atom. The number of anilines is 1. The number of hydrogen-bond acceptors (Lipinski definition) is 8. The van der Waals surface area contributed by atoms with Crippen molar-refractivity contribution in [2.45, 2.75) is 19.6 Å². The largest absolute Gasteiger partial charge is 0.459 e. The maximum absolute atomic E-state index is 6.20. The summed E-state index contributed by atoms with van der Waals surface area (Å²) in [6, 6.07) is 8.18. The van der Waals surface area contributed by atoms with Crippen LogP contribution in [0, 0.1) is 6.92 Å². The molecule has 164 valence electrons. The third-order valence-electron chi connectivity index (χ3n) is 5.84. The summed E-state index contributed by atoms with van der Waals surface area (Å²) in [5, 5.41) is 1.17. The number of fused-ring (bicyclic) bond motifs is 1. The molecule has 0 aliphatic carbocycles. The van der Waals surface area contributed by atoms with Crippen LogP contribution in [0.5, 0.6) is 0 Å². The minimum absolute atomic E-state index is 0.189. The number of benzene rings is 1. The first kappa shape index (κ1) is 20.5. The lowest BCUT2D eigenvalue weighted by molar-refractivity contribution is -0.0363. The predicted molar refractivity (Wildman–Crippen MR) is 122 cm³/mol. The van der Waals surface area contributed by atoms with E-state index >= 15 is 0 Å². The molecule has 8 nitrogen and oxygen atoms in total. The van der Waals surface area contributed by atoms with Gasteiger partial charge in [0.2, 0.25) is 5.95 Å². The van der Waals surface area contributed by atoms with Gasteiger partial charge in [-0.15, -0.1) is 0 Å². The normalized spacial score (nSPS) is 17.0. The highest BCUT2D eigenvalue weighted by molar-refractivity contribution is 5.81. The molecule has 4 heterocycles. The molecule has 0 radical (unpaired) electrons. The van der Waals surface area contributed by atoms with Gasteiger partial charge in [-0.3, -0.25) is 4.90 Å². The van der Waals surface area contributed by atoms with Crippen LogP contribution >= 0.6 is 0 Å². The van der Waals surface area contributed by atoms with Crippen molar-refractivity contribution in [2.75, 3.05) is 38.7 Å². The fourth-order valence-corrected chi connectivity index (χ4v) is 4.10. The summed E-state index contributed by atoms with van der Waals surface area (Å²) in [5.41, 5.74) is 4.75. The van der Waals surface area contributed by atoms with Gasteiger partial charge >= 0.3 is 0 Å². The Morgan fingerprint density at radius 1 is 1.12 bits per heavy atom. The van der Waals surface area contributed by atoms with E-state index in [2.05, 4.69) is 32.8 Å². The second-order valence-corrected chi connectivity index (χ2v) is 8.23. The van der Waals surface area contributed by atoms with Gasteiger partial charge in [0.15, 0.2) is 0 Å². The number of para-hydroxylation sites is 1. The number of furan rings is 1. The zero-order chi connectivity index (χ0) is 22.1. The lowest BCUT2D eigenvalue weighted by atomic mass is 10.0. The molecule has 1 aliphatic heterocycles. The number of rotatable bonds is 5. The molecule has 0 spiro atoms. The third kappa shape index (κ3) is 3.94. The quantitative estimate of drug-likeness (QED) is 0.475. The zero-order valence-corrected chi connectivity index (χ0v) is 18.5. The lowest BCUT2D eigenvalue weighted by Gasteiger charge is -2.33. The molecular weight excluding hydrogens is 404 g/mol. The molecule has 1 aliphatic rings. The van der Waals surface area contributed by atoms with Gasteiger partial charge in [-0.25, -0.2) is 19.9 Å². The molecule has 0 saturated carbocycles. The van der Waals surface area contributed by atoms with Crippen LogP contribution in [0.15, 0.2) is 53.6 Å². The minimum atomic E-state index is -0.189. The number of aryl methyl sites for hydroxylation is 1. The maximum Gasteiger partial charge on any atom is 0.225 e. The van der Waals surface area contributed by atoms with E-state index in [4.69, 9.17) is 14.1 Å². The van der Waals surface area contributed by atoms with Crippen LogP contribution in [0.1, 0.15) is 23.1 Å². The van der Waals surface area contributed by atoms with E-state index in [0.717, 1.165) is 41.3 Å². The van der Waals surface area contributed by atoms with Crippen molar-refractivity contribution in [3.8, 4) is 11.1 Å². The van der Waals surface area contributed by atoms with E-state index in [1.807, 2.05) is 43.4 Å². The van der Waals surface area contributed by atoms with Gasteiger partial charge in [0, 0.05) is 62.3 Å². The Balaban J connectivity index is 1.44. The Kier molecular flexibility index (Phi) is 5.55. The first-order chi connectivity index (χ1) is 15.6. The highest BCUT2D eigenvalue weighted by atomic mass is 16.5. The molecule has 1 atom stereocenters. The highest BCUT2D eigenvalue weighted by Crippen LogP contribution is 2.32. The number of aromatic nitrogens is 4. The van der Waals surface area contributed by atoms with Gasteiger partial charge in [-0.1, -0.05) is 18.2 Å². The highest BCUT2D eigenvalue weighted by Gasteiger charge is 2.28. The molecule has 32 heavy (non-hydrogen) atoms. The van der Waals surface area contributed by atoms with Crippen molar-refractivity contribution in [1.82, 2.24) is 24.8 Å². The predicted octanol–water partition coefficient (Wildman–Crippen LogP) is 3.63. The Hall–Kier alpha value is -3.36. The Morgan fingerprint density at radius 2 is 1.94 bits per heavy atom. The monoisotopic (exact) mass is 430 g/mol. The van der Waals surface area contributed by atoms with Crippen LogP contribution < -0.4 is 4.90 Å². The average Bonchev–Trinajstić information content (AvgIpc) is 3.14. The smallest absolute Gasteiger partial charge is 0.225 e. The van der Waals surface area contributed by atoms with E-state index < -0.39 is 0 Å². The van der Waals surface area contributed by atoms with Crippen molar-refractivity contribution < 1.29 is 9.15 Å². The SMILES string of the molecule is Cc1c(CN2CCOC(c3nc(N(C)C)ncc3-c3cncnc3)C2)oc2ccccc12. The van der Waals surface area contributed by atoms with Crippen LogP contribution in [0.4, 0.5) is 5.95 Å². The summed E-state index contributed by atoms with van der Waals surface area (Å²) < 4.78 is 12.4. The molecular formula is C24H26N6O2. The second-order valence-electron chi connectivity index (χ2n) is 8.23. The summed E-state index contributed by atoms with van der Waals surface area (Å²) in [4.78, 5) is 21.9. The van der Waals surface area contributed by atoms with Crippen molar-refractivity contribution in [3.05, 3.63) is 66.2 Å². The summed E-state index contributed by atoms with van der Waals surface area (Å²) in [5.74, 6) is 1.65.